The van der Waals surface area contributed by atoms with Crippen LogP contribution in [-0.4, -0.2) is 18.7 Å². The lowest BCUT2D eigenvalue weighted by atomic mass is 9.81. The first-order valence-corrected chi connectivity index (χ1v) is 13.2. The van der Waals surface area contributed by atoms with Crippen LogP contribution in [-0.2, 0) is 9.53 Å². The molecular formula is C28H44O3. The van der Waals surface area contributed by atoms with E-state index in [0.717, 1.165) is 50.4 Å². The molecule has 0 bridgehead atoms. The van der Waals surface area contributed by atoms with Crippen molar-refractivity contribution in [3.63, 3.8) is 0 Å². The molecule has 2 aliphatic rings. The molecule has 0 amide bonds. The summed E-state index contributed by atoms with van der Waals surface area (Å²) >= 11 is 0. The molecule has 174 valence electrons. The molecule has 0 unspecified atom stereocenters. The quantitative estimate of drug-likeness (QED) is 0.210. The summed E-state index contributed by atoms with van der Waals surface area (Å²) in [6.45, 7) is 3.09. The van der Waals surface area contributed by atoms with E-state index in [1.807, 2.05) is 0 Å². The van der Waals surface area contributed by atoms with Gasteiger partial charge in [0.05, 0.1) is 6.61 Å². The van der Waals surface area contributed by atoms with E-state index in [-0.39, 0.29) is 18.0 Å². The molecule has 1 aromatic carbocycles. The van der Waals surface area contributed by atoms with E-state index >= 15 is 0 Å². The van der Waals surface area contributed by atoms with E-state index in [9.17, 15) is 4.79 Å². The summed E-state index contributed by atoms with van der Waals surface area (Å²) in [6, 6.07) is 8.42. The minimum Gasteiger partial charge on any atom is -0.493 e. The highest BCUT2D eigenvalue weighted by Crippen LogP contribution is 2.40. The van der Waals surface area contributed by atoms with Crippen LogP contribution in [0.1, 0.15) is 121 Å². The molecule has 3 heteroatoms. The highest BCUT2D eigenvalue weighted by atomic mass is 16.5. The van der Waals surface area contributed by atoms with E-state index in [2.05, 4.69) is 31.2 Å². The average molecular weight is 429 g/mol. The van der Waals surface area contributed by atoms with Gasteiger partial charge in [0.25, 0.3) is 0 Å². The van der Waals surface area contributed by atoms with Crippen LogP contribution in [0.2, 0.25) is 0 Å². The molecule has 3 rings (SSSR count). The van der Waals surface area contributed by atoms with E-state index in [4.69, 9.17) is 9.47 Å². The molecule has 0 spiro atoms. The predicted molar refractivity (Wildman–Crippen MR) is 128 cm³/mol. The number of unbranched alkanes of at least 4 members (excludes halogenated alkanes) is 8. The summed E-state index contributed by atoms with van der Waals surface area (Å²) < 4.78 is 12.2. The molecule has 0 aromatic heterocycles. The van der Waals surface area contributed by atoms with Gasteiger partial charge in [0, 0.05) is 17.9 Å². The van der Waals surface area contributed by atoms with Crippen LogP contribution in [0.25, 0.3) is 0 Å². The monoisotopic (exact) mass is 428 g/mol. The van der Waals surface area contributed by atoms with E-state index in [1.165, 1.54) is 69.8 Å². The number of hydrogen-bond donors (Lipinski definition) is 0. The molecule has 3 nitrogen and oxygen atoms in total. The van der Waals surface area contributed by atoms with E-state index in [1.54, 1.807) is 0 Å². The van der Waals surface area contributed by atoms with Crippen LogP contribution in [0.15, 0.2) is 24.3 Å². The number of rotatable bonds is 15. The molecule has 2 fully saturated rings. The molecule has 0 radical (unpaired) electrons. The zero-order chi connectivity index (χ0) is 21.7. The Morgan fingerprint density at radius 2 is 1.55 bits per heavy atom. The van der Waals surface area contributed by atoms with Crippen molar-refractivity contribution >= 4 is 5.97 Å². The van der Waals surface area contributed by atoms with E-state index < -0.39 is 0 Å². The minimum absolute atomic E-state index is 0.00349. The predicted octanol–water partition coefficient (Wildman–Crippen LogP) is 7.97. The first kappa shape index (κ1) is 24.1. The summed E-state index contributed by atoms with van der Waals surface area (Å²) in [6.07, 6.45) is 19.0. The Hall–Kier alpha value is -1.51. The third kappa shape index (κ3) is 8.86. The Kier molecular flexibility index (Phi) is 10.8. The second-order valence-corrected chi connectivity index (χ2v) is 9.79. The maximum absolute atomic E-state index is 12.5. The van der Waals surface area contributed by atoms with Gasteiger partial charge < -0.3 is 9.47 Å². The Morgan fingerprint density at radius 1 is 0.871 bits per heavy atom. The van der Waals surface area contributed by atoms with Crippen LogP contribution < -0.4 is 4.74 Å². The van der Waals surface area contributed by atoms with E-state index in [0.29, 0.717) is 6.42 Å². The number of ether oxygens (including phenoxy) is 2. The summed E-state index contributed by atoms with van der Waals surface area (Å²) in [7, 11) is 0. The minimum atomic E-state index is -0.00349. The fourth-order valence-corrected chi connectivity index (χ4v) is 4.81. The Balaban J connectivity index is 1.40. The Bertz CT molecular complexity index is 637. The highest BCUT2D eigenvalue weighted by Gasteiger charge is 2.32. The van der Waals surface area contributed by atoms with Crippen molar-refractivity contribution < 1.29 is 14.3 Å². The van der Waals surface area contributed by atoms with Gasteiger partial charge in [-0.3, -0.25) is 4.79 Å². The topological polar surface area (TPSA) is 35.5 Å². The van der Waals surface area contributed by atoms with Crippen molar-refractivity contribution in [3.8, 4) is 5.75 Å². The normalized spacial score (nSPS) is 21.1. The lowest BCUT2D eigenvalue weighted by molar-refractivity contribution is -0.151. The zero-order valence-corrected chi connectivity index (χ0v) is 19.8. The third-order valence-electron chi connectivity index (χ3n) is 6.96. The van der Waals surface area contributed by atoms with Gasteiger partial charge in [-0.2, -0.15) is 0 Å². The molecule has 2 atom stereocenters. The van der Waals surface area contributed by atoms with Gasteiger partial charge in [0.1, 0.15) is 11.9 Å². The standard InChI is InChI=1S/C28H44O3/c1-2-3-4-5-6-7-8-9-10-19-28(29)31-27-18-14-12-16-25(27)24-15-11-13-17-26(24)30-22-23-20-21-23/h11,13,15,17,23,25,27H,2-10,12,14,16,18-22H2,1H3/t25-,27+/m1/s1. The van der Waals surface area contributed by atoms with Crippen molar-refractivity contribution in [1.82, 2.24) is 0 Å². The van der Waals surface area contributed by atoms with Crippen LogP contribution in [0, 0.1) is 5.92 Å². The van der Waals surface area contributed by atoms with Crippen molar-refractivity contribution in [1.29, 1.82) is 0 Å². The molecule has 31 heavy (non-hydrogen) atoms. The van der Waals surface area contributed by atoms with Gasteiger partial charge in [0.15, 0.2) is 0 Å². The van der Waals surface area contributed by atoms with Crippen LogP contribution in [0.5, 0.6) is 5.75 Å². The SMILES string of the molecule is CCCCCCCCCCCC(=O)O[C@H]1CCCC[C@@H]1c1ccccc1OCC1CC1. The number of hydrogen-bond acceptors (Lipinski definition) is 3. The first-order chi connectivity index (χ1) is 15.3. The summed E-state index contributed by atoms with van der Waals surface area (Å²) in [5.74, 6) is 2.01. The molecule has 0 aliphatic heterocycles. The fourth-order valence-electron chi connectivity index (χ4n) is 4.81. The Morgan fingerprint density at radius 3 is 2.29 bits per heavy atom. The number of carbonyl (C=O) groups is 1. The van der Waals surface area contributed by atoms with Gasteiger partial charge in [-0.15, -0.1) is 0 Å². The summed E-state index contributed by atoms with van der Waals surface area (Å²) in [5.41, 5.74) is 1.24. The second-order valence-electron chi connectivity index (χ2n) is 9.79. The second kappa shape index (κ2) is 13.8. The van der Waals surface area contributed by atoms with Crippen molar-refractivity contribution in [3.05, 3.63) is 29.8 Å². The Labute approximate surface area is 190 Å². The van der Waals surface area contributed by atoms with Gasteiger partial charge in [-0.05, 0) is 50.5 Å². The fraction of sp³-hybridized carbons (Fsp3) is 0.750. The maximum Gasteiger partial charge on any atom is 0.306 e. The largest absolute Gasteiger partial charge is 0.493 e. The van der Waals surface area contributed by atoms with Crippen LogP contribution in [0.3, 0.4) is 0 Å². The summed E-state index contributed by atoms with van der Waals surface area (Å²) in [4.78, 5) is 12.5. The molecule has 2 aliphatic carbocycles. The highest BCUT2D eigenvalue weighted by molar-refractivity contribution is 5.69. The lowest BCUT2D eigenvalue weighted by Crippen LogP contribution is -2.29. The van der Waals surface area contributed by atoms with Crippen molar-refractivity contribution in [2.24, 2.45) is 5.92 Å². The molecular weight excluding hydrogens is 384 g/mol. The van der Waals surface area contributed by atoms with Crippen molar-refractivity contribution in [2.75, 3.05) is 6.61 Å². The van der Waals surface area contributed by atoms with Crippen LogP contribution in [0.4, 0.5) is 0 Å². The molecule has 2 saturated carbocycles. The molecule has 1 aromatic rings. The number of carbonyl (C=O) groups excluding carboxylic acids is 1. The third-order valence-corrected chi connectivity index (χ3v) is 6.96. The number of benzene rings is 1. The van der Waals surface area contributed by atoms with Crippen molar-refractivity contribution in [2.45, 2.75) is 122 Å². The average Bonchev–Trinajstić information content (AvgIpc) is 3.62. The number of para-hydroxylation sites is 1. The van der Waals surface area contributed by atoms with Gasteiger partial charge >= 0.3 is 5.97 Å². The summed E-state index contributed by atoms with van der Waals surface area (Å²) in [5, 5.41) is 0. The molecule has 0 saturated heterocycles. The molecule has 0 N–H and O–H groups in total. The smallest absolute Gasteiger partial charge is 0.306 e. The van der Waals surface area contributed by atoms with Gasteiger partial charge in [-0.1, -0.05) is 82.9 Å². The molecule has 0 heterocycles. The maximum atomic E-state index is 12.5. The lowest BCUT2D eigenvalue weighted by Gasteiger charge is -2.32. The van der Waals surface area contributed by atoms with Gasteiger partial charge in [0.2, 0.25) is 0 Å². The van der Waals surface area contributed by atoms with Crippen LogP contribution >= 0.6 is 0 Å². The first-order valence-electron chi connectivity index (χ1n) is 13.2. The number of esters is 1. The van der Waals surface area contributed by atoms with Gasteiger partial charge in [-0.25, -0.2) is 0 Å². The zero-order valence-electron chi connectivity index (χ0n) is 19.8.